The molecule has 4 saturated carbocycles. The predicted molar refractivity (Wildman–Crippen MR) is 202 cm³/mol. The van der Waals surface area contributed by atoms with Crippen LogP contribution in [0, 0.1) is 29.3 Å². The summed E-state index contributed by atoms with van der Waals surface area (Å²) >= 11 is 0. The van der Waals surface area contributed by atoms with E-state index < -0.39 is 7.92 Å². The van der Waals surface area contributed by atoms with E-state index in [2.05, 4.69) is 110 Å². The van der Waals surface area contributed by atoms with Gasteiger partial charge in [0.2, 0.25) is 0 Å². The Morgan fingerprint density at radius 3 is 1.77 bits per heavy atom. The van der Waals surface area contributed by atoms with Crippen LogP contribution in [0.1, 0.15) is 58.3 Å². The summed E-state index contributed by atoms with van der Waals surface area (Å²) in [5, 5.41) is 2.88. The molecule has 8 atom stereocenters. The van der Waals surface area contributed by atoms with Crippen LogP contribution in [-0.4, -0.2) is 17.0 Å². The van der Waals surface area contributed by atoms with E-state index in [4.69, 9.17) is 0 Å². The fraction of sp³-hybridized carbons (Fsp3) is 0.364. The van der Waals surface area contributed by atoms with Gasteiger partial charge in [0.25, 0.3) is 0 Å². The van der Waals surface area contributed by atoms with E-state index in [9.17, 15) is 0 Å². The Kier molecular flexibility index (Phi) is 10.7. The molecule has 0 N–H and O–H groups in total. The molecule has 242 valence electrons. The van der Waals surface area contributed by atoms with Crippen molar-refractivity contribution in [1.82, 2.24) is 0 Å². The van der Waals surface area contributed by atoms with Crippen molar-refractivity contribution in [2.75, 3.05) is 0 Å². The third kappa shape index (κ3) is 6.82. The molecule has 47 heavy (non-hydrogen) atoms. The zero-order valence-electron chi connectivity index (χ0n) is 27.6. The van der Waals surface area contributed by atoms with Crippen molar-refractivity contribution in [2.24, 2.45) is 23.7 Å². The van der Waals surface area contributed by atoms with Crippen LogP contribution in [0.15, 0.2) is 150 Å². The van der Waals surface area contributed by atoms with Gasteiger partial charge >= 0.3 is 17.1 Å². The quantitative estimate of drug-likeness (QED) is 0.131. The normalized spacial score (nSPS) is 31.1. The number of benzene rings is 2. The van der Waals surface area contributed by atoms with Gasteiger partial charge in [0.1, 0.15) is 0 Å². The average molecular weight is 695 g/mol. The van der Waals surface area contributed by atoms with Gasteiger partial charge in [-0.15, -0.1) is 29.9 Å². The molecule has 0 aliphatic heterocycles. The molecule has 4 bridgehead atoms. The molecule has 4 fully saturated rings. The Labute approximate surface area is 297 Å². The van der Waals surface area contributed by atoms with Crippen LogP contribution in [0.4, 0.5) is 0 Å². The third-order valence-electron chi connectivity index (χ3n) is 11.9. The molecular formula is C44H48FeP2. The van der Waals surface area contributed by atoms with Crippen LogP contribution in [0.2, 0.25) is 0 Å². The molecule has 0 amide bonds. The summed E-state index contributed by atoms with van der Waals surface area (Å²) in [7, 11) is -0.657. The summed E-state index contributed by atoms with van der Waals surface area (Å²) < 4.78 is 0. The van der Waals surface area contributed by atoms with E-state index in [0.29, 0.717) is 5.66 Å². The molecule has 3 heteroatoms. The second-order valence-corrected chi connectivity index (χ2v) is 19.7. The molecule has 3 unspecified atom stereocenters. The maximum Gasteiger partial charge on any atom is 2.00 e. The molecule has 3 aromatic carbocycles. The first-order valence-corrected chi connectivity index (χ1v) is 20.8. The first-order valence-electron chi connectivity index (χ1n) is 17.9. The van der Waals surface area contributed by atoms with E-state index in [0.717, 1.165) is 35.0 Å². The van der Waals surface area contributed by atoms with E-state index in [1.165, 1.54) is 53.1 Å². The van der Waals surface area contributed by atoms with Gasteiger partial charge in [-0.2, -0.15) is 18.2 Å². The molecule has 6 aliphatic rings. The molecule has 0 heterocycles. The van der Waals surface area contributed by atoms with Crippen LogP contribution >= 0.6 is 15.8 Å². The van der Waals surface area contributed by atoms with Gasteiger partial charge in [-0.3, -0.25) is 0 Å². The Morgan fingerprint density at radius 1 is 0.681 bits per heavy atom. The SMILES string of the molecule is C[C@@H](C1=CC=C/C1=C1/C=CC=C[C-]1P(c1ccccc1)c1ccccc1)P(C1C[C@H]2CC[C@@H]1C2)C1C[C@@H]2CC[C@H]1C2.[Fe+2].c1cc[cH-]c1. The Balaban J connectivity index is 0.000000538. The maximum absolute atomic E-state index is 2.67. The summed E-state index contributed by atoms with van der Waals surface area (Å²) in [6.45, 7) is 2.67. The Morgan fingerprint density at radius 2 is 1.28 bits per heavy atom. The zero-order chi connectivity index (χ0) is 30.9. The summed E-state index contributed by atoms with van der Waals surface area (Å²) in [4.78, 5) is 0. The van der Waals surface area contributed by atoms with Gasteiger partial charge in [0.15, 0.2) is 0 Å². The van der Waals surface area contributed by atoms with Crippen molar-refractivity contribution >= 4 is 26.5 Å². The van der Waals surface area contributed by atoms with Gasteiger partial charge in [0, 0.05) is 0 Å². The molecule has 0 aromatic heterocycles. The van der Waals surface area contributed by atoms with Gasteiger partial charge in [-0.05, 0) is 89.8 Å². The first-order chi connectivity index (χ1) is 22.7. The van der Waals surface area contributed by atoms with Crippen LogP contribution in [-0.2, 0) is 17.1 Å². The second kappa shape index (κ2) is 15.1. The van der Waals surface area contributed by atoms with Gasteiger partial charge < -0.3 is 0 Å². The maximum atomic E-state index is 2.67. The first kappa shape index (κ1) is 33.2. The van der Waals surface area contributed by atoms with E-state index in [1.807, 2.05) is 30.3 Å². The minimum Gasteiger partial charge on any atom is -0.214 e. The number of rotatable bonds is 7. The fourth-order valence-electron chi connectivity index (χ4n) is 9.98. The number of hydrogen-bond donors (Lipinski definition) is 0. The zero-order valence-corrected chi connectivity index (χ0v) is 30.5. The topological polar surface area (TPSA) is 0 Å². The Hall–Kier alpha value is -2.26. The van der Waals surface area contributed by atoms with Gasteiger partial charge in [-0.25, -0.2) is 12.1 Å². The van der Waals surface area contributed by atoms with Crippen molar-refractivity contribution < 1.29 is 17.1 Å². The minimum absolute atomic E-state index is 0. The molecule has 6 aliphatic carbocycles. The van der Waals surface area contributed by atoms with Crippen molar-refractivity contribution in [1.29, 1.82) is 0 Å². The van der Waals surface area contributed by atoms with Crippen molar-refractivity contribution in [2.45, 2.75) is 75.3 Å². The molecule has 3 aromatic rings. The summed E-state index contributed by atoms with van der Waals surface area (Å²) in [6.07, 6.45) is 29.1. The predicted octanol–water partition coefficient (Wildman–Crippen LogP) is 11.2. The second-order valence-electron chi connectivity index (χ2n) is 14.5. The number of allylic oxidation sites excluding steroid dienone is 10. The number of hydrogen-bond acceptors (Lipinski definition) is 0. The summed E-state index contributed by atoms with van der Waals surface area (Å²) in [5.74, 6) is 4.15. The van der Waals surface area contributed by atoms with Crippen LogP contribution < -0.4 is 10.6 Å². The average Bonchev–Trinajstić information content (AvgIpc) is 3.97. The van der Waals surface area contributed by atoms with Gasteiger partial charge in [-0.1, -0.05) is 131 Å². The fourth-order valence-corrected chi connectivity index (χ4v) is 17.2. The van der Waals surface area contributed by atoms with Crippen molar-refractivity contribution in [3.63, 3.8) is 0 Å². The van der Waals surface area contributed by atoms with Crippen LogP contribution in [0.5, 0.6) is 0 Å². The molecule has 0 spiro atoms. The van der Waals surface area contributed by atoms with E-state index in [-0.39, 0.29) is 25.0 Å². The molecule has 9 rings (SSSR count). The summed E-state index contributed by atoms with van der Waals surface area (Å²) in [6, 6.07) is 32.5. The standard InChI is InChI=1S/C39H43P2.C5H5.Fe/c1-27(40(38-25-28-19-21-30(38)23-28)39-26-29-20-22-31(39)24-29)34-16-10-17-35(34)36-15-8-9-18-37(36)41(32-11-4-2-5-12-32)33-13-6-3-7-14-33;1-2-4-5-3-1;/h2-18,27-31,38-39H,19-26H2,1H3;1-5H;/q2*-1;+2/b36-35+;;/t27-,28-,29+,30+,31-,38?,39?,40?;;/m0../s1. The van der Waals surface area contributed by atoms with Crippen molar-refractivity contribution in [3.8, 4) is 0 Å². The van der Waals surface area contributed by atoms with Crippen molar-refractivity contribution in [3.05, 3.63) is 156 Å². The monoisotopic (exact) mass is 694 g/mol. The Bertz CT molecular complexity index is 1530. The third-order valence-corrected chi connectivity index (χ3v) is 18.4. The number of fused-ring (bicyclic) bond motifs is 4. The van der Waals surface area contributed by atoms with Crippen LogP contribution in [0.3, 0.4) is 0 Å². The van der Waals surface area contributed by atoms with E-state index in [1.54, 1.807) is 31.3 Å². The molecular weight excluding hydrogens is 646 g/mol. The van der Waals surface area contributed by atoms with E-state index >= 15 is 0 Å². The largest absolute Gasteiger partial charge is 2.00 e. The van der Waals surface area contributed by atoms with Crippen LogP contribution in [0.25, 0.3) is 0 Å². The van der Waals surface area contributed by atoms with Gasteiger partial charge in [0.05, 0.1) is 0 Å². The summed E-state index contributed by atoms with van der Waals surface area (Å²) in [5.41, 5.74) is 8.88. The molecule has 0 saturated heterocycles. The molecule has 0 radical (unpaired) electrons. The molecule has 0 nitrogen and oxygen atoms in total. The smallest absolute Gasteiger partial charge is 0.214 e. The minimum atomic E-state index is -0.639.